The van der Waals surface area contributed by atoms with Gasteiger partial charge in [-0.1, -0.05) is 0 Å². The van der Waals surface area contributed by atoms with Crippen molar-refractivity contribution >= 4 is 21.6 Å². The van der Waals surface area contributed by atoms with E-state index in [1.165, 1.54) is 4.68 Å². The molecule has 88 valence electrons. The van der Waals surface area contributed by atoms with Gasteiger partial charge in [-0.15, -0.1) is 0 Å². The van der Waals surface area contributed by atoms with Gasteiger partial charge in [-0.2, -0.15) is 5.10 Å². The van der Waals surface area contributed by atoms with Crippen LogP contribution < -0.4 is 15.8 Å². The number of nitrogens with zero attached hydrogens (tertiary/aromatic N) is 3. The molecule has 1 aliphatic rings. The van der Waals surface area contributed by atoms with Crippen LogP contribution in [0.1, 0.15) is 6.92 Å². The zero-order valence-electron chi connectivity index (χ0n) is 9.40. The fraction of sp³-hybridized carbons (Fsp3) is 0.600. The van der Waals surface area contributed by atoms with Gasteiger partial charge in [0.15, 0.2) is 0 Å². The molecule has 0 radical (unpaired) electrons. The van der Waals surface area contributed by atoms with E-state index in [-0.39, 0.29) is 5.56 Å². The van der Waals surface area contributed by atoms with Crippen molar-refractivity contribution in [2.45, 2.75) is 13.0 Å². The van der Waals surface area contributed by atoms with Crippen LogP contribution in [0.5, 0.6) is 0 Å². The molecule has 0 saturated carbocycles. The van der Waals surface area contributed by atoms with Crippen LogP contribution in [-0.2, 0) is 7.05 Å². The fourth-order valence-electron chi connectivity index (χ4n) is 1.82. The molecule has 6 heteroatoms. The summed E-state index contributed by atoms with van der Waals surface area (Å²) in [7, 11) is 1.65. The van der Waals surface area contributed by atoms with Crippen LogP contribution in [0, 0.1) is 0 Å². The Kier molecular flexibility index (Phi) is 3.30. The summed E-state index contributed by atoms with van der Waals surface area (Å²) in [6.45, 7) is 4.90. The number of rotatable bonds is 3. The smallest absolute Gasteiger partial charge is 0.282 e. The molecule has 1 fully saturated rings. The second kappa shape index (κ2) is 4.55. The highest BCUT2D eigenvalue weighted by atomic mass is 79.9. The summed E-state index contributed by atoms with van der Waals surface area (Å²) in [5.41, 5.74) is 0.792. The van der Waals surface area contributed by atoms with E-state index in [1.54, 1.807) is 13.2 Å². The summed E-state index contributed by atoms with van der Waals surface area (Å²) in [5.74, 6) is 0. The number of hydrogen-bond acceptors (Lipinski definition) is 4. The van der Waals surface area contributed by atoms with E-state index in [0.717, 1.165) is 25.3 Å². The Hall–Kier alpha value is -0.880. The van der Waals surface area contributed by atoms with Gasteiger partial charge in [0.25, 0.3) is 5.56 Å². The van der Waals surface area contributed by atoms with E-state index in [0.29, 0.717) is 10.5 Å². The Balaban J connectivity index is 2.38. The van der Waals surface area contributed by atoms with Gasteiger partial charge in [-0.05, 0) is 22.9 Å². The minimum atomic E-state index is -0.0942. The molecule has 0 amide bonds. The van der Waals surface area contributed by atoms with Gasteiger partial charge >= 0.3 is 0 Å². The lowest BCUT2D eigenvalue weighted by Crippen LogP contribution is -2.57. The summed E-state index contributed by atoms with van der Waals surface area (Å²) in [6.07, 6.45) is 1.74. The van der Waals surface area contributed by atoms with Crippen LogP contribution in [0.3, 0.4) is 0 Å². The van der Waals surface area contributed by atoms with Crippen LogP contribution in [0.25, 0.3) is 0 Å². The Morgan fingerprint density at radius 2 is 2.38 bits per heavy atom. The predicted octanol–water partition coefficient (Wildman–Crippen LogP) is 0.341. The van der Waals surface area contributed by atoms with Crippen LogP contribution >= 0.6 is 15.9 Å². The largest absolute Gasteiger partial charge is 0.364 e. The third kappa shape index (κ3) is 1.87. The molecule has 2 heterocycles. The Bertz CT molecular complexity index is 441. The molecule has 2 rings (SSSR count). The number of aryl methyl sites for hydroxylation is 1. The summed E-state index contributed by atoms with van der Waals surface area (Å²) >= 11 is 3.36. The first-order valence-corrected chi connectivity index (χ1v) is 6.13. The molecule has 0 unspecified atom stereocenters. The topological polar surface area (TPSA) is 50.2 Å². The Morgan fingerprint density at radius 3 is 2.88 bits per heavy atom. The minimum Gasteiger partial charge on any atom is -0.364 e. The zero-order valence-corrected chi connectivity index (χ0v) is 11.0. The molecule has 1 aromatic heterocycles. The van der Waals surface area contributed by atoms with E-state index in [2.05, 4.69) is 38.2 Å². The van der Waals surface area contributed by atoms with E-state index in [9.17, 15) is 4.79 Å². The fourth-order valence-corrected chi connectivity index (χ4v) is 2.41. The molecule has 0 bridgehead atoms. The lowest BCUT2D eigenvalue weighted by molar-refractivity contribution is 0.416. The molecule has 0 aliphatic carbocycles. The van der Waals surface area contributed by atoms with Gasteiger partial charge in [0.2, 0.25) is 0 Å². The van der Waals surface area contributed by atoms with E-state index < -0.39 is 0 Å². The van der Waals surface area contributed by atoms with Gasteiger partial charge in [-0.25, -0.2) is 4.68 Å². The number of likely N-dealkylation sites (N-methyl/N-ethyl adjacent to an activating group) is 1. The van der Waals surface area contributed by atoms with Crippen molar-refractivity contribution < 1.29 is 0 Å². The van der Waals surface area contributed by atoms with Crippen LogP contribution in [0.4, 0.5) is 5.69 Å². The quantitative estimate of drug-likeness (QED) is 0.871. The number of anilines is 1. The molecule has 1 aromatic rings. The Labute approximate surface area is 103 Å². The molecular formula is C10H15BrN4O. The van der Waals surface area contributed by atoms with E-state index in [4.69, 9.17) is 0 Å². The predicted molar refractivity (Wildman–Crippen MR) is 66.9 cm³/mol. The zero-order chi connectivity index (χ0) is 11.7. The summed E-state index contributed by atoms with van der Waals surface area (Å²) in [6, 6.07) is 0.468. The van der Waals surface area contributed by atoms with Crippen LogP contribution in [0.2, 0.25) is 0 Å². The molecule has 0 atom stereocenters. The molecule has 1 saturated heterocycles. The molecule has 0 spiro atoms. The van der Waals surface area contributed by atoms with Crippen LogP contribution in [-0.4, -0.2) is 35.5 Å². The van der Waals surface area contributed by atoms with E-state index >= 15 is 0 Å². The highest BCUT2D eigenvalue weighted by molar-refractivity contribution is 9.10. The first-order chi connectivity index (χ1) is 7.65. The molecule has 5 nitrogen and oxygen atoms in total. The van der Waals surface area contributed by atoms with Gasteiger partial charge < -0.3 is 10.2 Å². The number of aromatic nitrogens is 2. The van der Waals surface area contributed by atoms with Crippen molar-refractivity contribution in [1.29, 1.82) is 0 Å². The van der Waals surface area contributed by atoms with Gasteiger partial charge in [0, 0.05) is 26.7 Å². The molecule has 1 N–H and O–H groups in total. The van der Waals surface area contributed by atoms with Gasteiger partial charge in [0.05, 0.1) is 17.9 Å². The third-order valence-electron chi connectivity index (χ3n) is 2.91. The average molecular weight is 287 g/mol. The average Bonchev–Trinajstić information content (AvgIpc) is 2.21. The Morgan fingerprint density at radius 1 is 1.69 bits per heavy atom. The van der Waals surface area contributed by atoms with Crippen molar-refractivity contribution in [2.24, 2.45) is 7.05 Å². The maximum atomic E-state index is 11.7. The number of nitrogens with one attached hydrogen (secondary N) is 1. The molecular weight excluding hydrogens is 272 g/mol. The maximum Gasteiger partial charge on any atom is 0.282 e. The van der Waals surface area contributed by atoms with Crippen molar-refractivity contribution in [3.05, 3.63) is 21.0 Å². The maximum absolute atomic E-state index is 11.7. The summed E-state index contributed by atoms with van der Waals surface area (Å²) in [4.78, 5) is 14.0. The van der Waals surface area contributed by atoms with E-state index in [1.807, 2.05) is 0 Å². The second-order valence-electron chi connectivity index (χ2n) is 3.87. The van der Waals surface area contributed by atoms with Crippen molar-refractivity contribution in [2.75, 3.05) is 24.5 Å². The van der Waals surface area contributed by atoms with Gasteiger partial charge in [-0.3, -0.25) is 4.79 Å². The molecule has 0 aromatic carbocycles. The van der Waals surface area contributed by atoms with Crippen molar-refractivity contribution in [3.8, 4) is 0 Å². The first kappa shape index (κ1) is 11.6. The highest BCUT2D eigenvalue weighted by Gasteiger charge is 2.26. The number of halogens is 1. The monoisotopic (exact) mass is 286 g/mol. The summed E-state index contributed by atoms with van der Waals surface area (Å²) < 4.78 is 1.93. The molecule has 16 heavy (non-hydrogen) atoms. The minimum absolute atomic E-state index is 0.0942. The van der Waals surface area contributed by atoms with Crippen LogP contribution in [0.15, 0.2) is 15.5 Å². The summed E-state index contributed by atoms with van der Waals surface area (Å²) in [5, 5.41) is 7.29. The highest BCUT2D eigenvalue weighted by Crippen LogP contribution is 2.24. The third-order valence-corrected chi connectivity index (χ3v) is 3.66. The lowest BCUT2D eigenvalue weighted by Gasteiger charge is -2.39. The second-order valence-corrected chi connectivity index (χ2v) is 4.66. The number of hydrogen-bond donors (Lipinski definition) is 1. The molecule has 1 aliphatic heterocycles. The SMILES string of the molecule is CCN(c1cnn(C)c(=O)c1Br)C1CNC1. The van der Waals surface area contributed by atoms with Crippen molar-refractivity contribution in [1.82, 2.24) is 15.1 Å². The van der Waals surface area contributed by atoms with Gasteiger partial charge in [0.1, 0.15) is 4.47 Å². The first-order valence-electron chi connectivity index (χ1n) is 5.34. The standard InChI is InChI=1S/C10H15BrN4O/c1-3-15(7-4-12-5-7)8-6-13-14(2)10(16)9(8)11/h6-7,12H,3-5H2,1-2H3. The van der Waals surface area contributed by atoms with Crippen molar-refractivity contribution in [3.63, 3.8) is 0 Å². The normalized spacial score (nSPS) is 15.9. The lowest BCUT2D eigenvalue weighted by atomic mass is 10.1.